The normalized spacial score (nSPS) is 13.1. The molecule has 0 unspecified atom stereocenters. The minimum absolute atomic E-state index is 0.0943. The molecule has 0 aliphatic carbocycles. The maximum Gasteiger partial charge on any atom is 0.405 e. The molecular weight excluding hydrogens is 463 g/mol. The number of ether oxygens (including phenoxy) is 2. The molecule has 35 heavy (non-hydrogen) atoms. The number of carbonyl (C=O) groups excluding carboxylic acids is 1. The molecule has 0 aliphatic heterocycles. The number of alkyl halides is 3. The number of hydrogen-bond donors (Lipinski definition) is 1. The molecule has 1 amide bonds. The second kappa shape index (κ2) is 11.1. The van der Waals surface area contributed by atoms with Gasteiger partial charge in [-0.1, -0.05) is 19.9 Å². The molecule has 3 aromatic heterocycles. The lowest BCUT2D eigenvalue weighted by molar-refractivity contribution is -0.123. The largest absolute Gasteiger partial charge is 0.495 e. The Balaban J connectivity index is 1.71. The molecule has 0 saturated heterocycles. The van der Waals surface area contributed by atoms with Crippen LogP contribution in [-0.4, -0.2) is 52.3 Å². The first kappa shape index (κ1) is 25.9. The van der Waals surface area contributed by atoms with Gasteiger partial charge in [-0.15, -0.1) is 0 Å². The fraction of sp³-hybridized carbons (Fsp3) is 0.375. The molecule has 11 heteroatoms. The van der Waals surface area contributed by atoms with Gasteiger partial charge in [0.25, 0.3) is 5.91 Å². The van der Waals surface area contributed by atoms with Crippen LogP contribution in [0.5, 0.6) is 11.6 Å². The van der Waals surface area contributed by atoms with Crippen molar-refractivity contribution in [1.29, 1.82) is 0 Å². The number of methoxy groups -OCH3 is 1. The maximum absolute atomic E-state index is 12.3. The van der Waals surface area contributed by atoms with Crippen molar-refractivity contribution in [1.82, 2.24) is 25.3 Å². The summed E-state index contributed by atoms with van der Waals surface area (Å²) in [5.74, 6) is 0.817. The summed E-state index contributed by atoms with van der Waals surface area (Å²) in [5, 5.41) is 1.79. The fourth-order valence-corrected chi connectivity index (χ4v) is 3.14. The Bertz CT molecular complexity index is 1140. The SMILES string of the molecule is COc1ccc([C@@H](C)[C@H](C)COc2nc(C)ncc2-c2ccc(C(=O)NCC(F)(F)F)nc2)nc1. The van der Waals surface area contributed by atoms with Crippen LogP contribution in [0.2, 0.25) is 0 Å². The summed E-state index contributed by atoms with van der Waals surface area (Å²) < 4.78 is 48.2. The minimum atomic E-state index is -4.50. The van der Waals surface area contributed by atoms with Crippen LogP contribution >= 0.6 is 0 Å². The van der Waals surface area contributed by atoms with Gasteiger partial charge in [-0.25, -0.2) is 4.98 Å². The third kappa shape index (κ3) is 7.11. The van der Waals surface area contributed by atoms with E-state index in [0.717, 1.165) is 5.69 Å². The highest BCUT2D eigenvalue weighted by molar-refractivity contribution is 5.92. The zero-order chi connectivity index (χ0) is 25.6. The Hall–Kier alpha value is -3.76. The van der Waals surface area contributed by atoms with Crippen molar-refractivity contribution >= 4 is 5.91 Å². The minimum Gasteiger partial charge on any atom is -0.495 e. The summed E-state index contributed by atoms with van der Waals surface area (Å²) in [6, 6.07) is 6.67. The fourth-order valence-electron chi connectivity index (χ4n) is 3.14. The molecule has 0 saturated carbocycles. The number of carbonyl (C=O) groups is 1. The maximum atomic E-state index is 12.3. The van der Waals surface area contributed by atoms with E-state index in [4.69, 9.17) is 9.47 Å². The Kier molecular flexibility index (Phi) is 8.21. The smallest absolute Gasteiger partial charge is 0.405 e. The zero-order valence-electron chi connectivity index (χ0n) is 19.8. The highest BCUT2D eigenvalue weighted by Gasteiger charge is 2.28. The van der Waals surface area contributed by atoms with Crippen molar-refractivity contribution in [2.75, 3.05) is 20.3 Å². The van der Waals surface area contributed by atoms with Gasteiger partial charge in [-0.2, -0.15) is 18.2 Å². The molecule has 0 radical (unpaired) electrons. The summed E-state index contributed by atoms with van der Waals surface area (Å²) in [7, 11) is 1.59. The molecule has 0 aromatic carbocycles. The molecule has 1 N–H and O–H groups in total. The second-order valence-corrected chi connectivity index (χ2v) is 8.07. The predicted molar refractivity (Wildman–Crippen MR) is 122 cm³/mol. The van der Waals surface area contributed by atoms with E-state index in [9.17, 15) is 18.0 Å². The summed E-state index contributed by atoms with van der Waals surface area (Å²) in [6.45, 7) is 4.75. The third-order valence-corrected chi connectivity index (χ3v) is 5.43. The van der Waals surface area contributed by atoms with E-state index in [1.165, 1.54) is 12.3 Å². The molecule has 0 aliphatic rings. The van der Waals surface area contributed by atoms with Crippen LogP contribution in [0, 0.1) is 12.8 Å². The first-order valence-corrected chi connectivity index (χ1v) is 10.8. The van der Waals surface area contributed by atoms with Gasteiger partial charge in [0.2, 0.25) is 5.88 Å². The van der Waals surface area contributed by atoms with Crippen molar-refractivity contribution in [3.63, 3.8) is 0 Å². The number of aryl methyl sites for hydroxylation is 1. The van der Waals surface area contributed by atoms with E-state index < -0.39 is 18.6 Å². The van der Waals surface area contributed by atoms with Crippen LogP contribution in [0.25, 0.3) is 11.1 Å². The van der Waals surface area contributed by atoms with Crippen LogP contribution < -0.4 is 14.8 Å². The lowest BCUT2D eigenvalue weighted by Gasteiger charge is -2.20. The van der Waals surface area contributed by atoms with Gasteiger partial charge in [-0.05, 0) is 31.0 Å². The van der Waals surface area contributed by atoms with E-state index in [2.05, 4.69) is 26.9 Å². The highest BCUT2D eigenvalue weighted by Crippen LogP contribution is 2.29. The van der Waals surface area contributed by atoms with E-state index in [1.807, 2.05) is 19.1 Å². The van der Waals surface area contributed by atoms with Crippen LogP contribution in [0.15, 0.2) is 42.9 Å². The van der Waals surface area contributed by atoms with Crippen molar-refractivity contribution in [3.05, 3.63) is 60.1 Å². The molecule has 3 aromatic rings. The summed E-state index contributed by atoms with van der Waals surface area (Å²) >= 11 is 0. The van der Waals surface area contributed by atoms with Crippen molar-refractivity contribution in [3.8, 4) is 22.8 Å². The van der Waals surface area contributed by atoms with Crippen LogP contribution in [0.4, 0.5) is 13.2 Å². The van der Waals surface area contributed by atoms with Crippen molar-refractivity contribution < 1.29 is 27.4 Å². The Labute approximate surface area is 201 Å². The monoisotopic (exact) mass is 489 g/mol. The summed E-state index contributed by atoms with van der Waals surface area (Å²) in [6.07, 6.45) is 0.123. The van der Waals surface area contributed by atoms with Gasteiger partial charge < -0.3 is 14.8 Å². The quantitative estimate of drug-likeness (QED) is 0.477. The molecule has 0 spiro atoms. The average Bonchev–Trinajstić information content (AvgIpc) is 2.85. The molecule has 3 rings (SSSR count). The number of nitrogens with zero attached hydrogens (tertiary/aromatic N) is 4. The number of amides is 1. The van der Waals surface area contributed by atoms with Gasteiger partial charge in [0, 0.05) is 29.6 Å². The zero-order valence-corrected chi connectivity index (χ0v) is 19.8. The van der Waals surface area contributed by atoms with Gasteiger partial charge in [-0.3, -0.25) is 14.8 Å². The van der Waals surface area contributed by atoms with E-state index in [1.54, 1.807) is 37.8 Å². The number of rotatable bonds is 9. The summed E-state index contributed by atoms with van der Waals surface area (Å²) in [5.41, 5.74) is 1.88. The number of halogens is 3. The molecule has 186 valence electrons. The van der Waals surface area contributed by atoms with Crippen LogP contribution in [0.3, 0.4) is 0 Å². The van der Waals surface area contributed by atoms with Gasteiger partial charge in [0.05, 0.1) is 25.5 Å². The van der Waals surface area contributed by atoms with E-state index in [0.29, 0.717) is 35.2 Å². The van der Waals surface area contributed by atoms with Crippen LogP contribution in [-0.2, 0) is 0 Å². The van der Waals surface area contributed by atoms with Crippen molar-refractivity contribution in [2.45, 2.75) is 32.9 Å². The number of nitrogens with one attached hydrogen (secondary N) is 1. The second-order valence-electron chi connectivity index (χ2n) is 8.07. The Morgan fingerprint density at radius 1 is 1.06 bits per heavy atom. The van der Waals surface area contributed by atoms with Gasteiger partial charge in [0.15, 0.2) is 0 Å². The first-order chi connectivity index (χ1) is 16.6. The number of hydrogen-bond acceptors (Lipinski definition) is 7. The van der Waals surface area contributed by atoms with Crippen molar-refractivity contribution in [2.24, 2.45) is 5.92 Å². The standard InChI is InChI=1S/C24H26F3N5O3/c1-14(15(2)20-8-6-18(34-4)10-30-20)12-35-23-19(11-28-16(3)32-23)17-5-7-21(29-9-17)22(33)31-13-24(25,26)27/h5-11,14-15H,12-13H2,1-4H3,(H,31,33)/t14-,15+/m1/s1. The molecule has 8 nitrogen and oxygen atoms in total. The first-order valence-electron chi connectivity index (χ1n) is 10.8. The Morgan fingerprint density at radius 2 is 1.83 bits per heavy atom. The molecule has 2 atom stereocenters. The third-order valence-electron chi connectivity index (χ3n) is 5.43. The summed E-state index contributed by atoms with van der Waals surface area (Å²) in [4.78, 5) is 28.9. The molecule has 0 fully saturated rings. The molecular formula is C24H26F3N5O3. The van der Waals surface area contributed by atoms with Crippen LogP contribution in [0.1, 0.15) is 41.8 Å². The van der Waals surface area contributed by atoms with E-state index in [-0.39, 0.29) is 17.5 Å². The number of aromatic nitrogens is 4. The van der Waals surface area contributed by atoms with E-state index >= 15 is 0 Å². The lowest BCUT2D eigenvalue weighted by Crippen LogP contribution is -2.34. The Morgan fingerprint density at radius 3 is 2.43 bits per heavy atom. The molecule has 3 heterocycles. The number of pyridine rings is 2. The predicted octanol–water partition coefficient (Wildman–Crippen LogP) is 4.36. The lowest BCUT2D eigenvalue weighted by atomic mass is 9.93. The topological polar surface area (TPSA) is 99.1 Å². The highest BCUT2D eigenvalue weighted by atomic mass is 19.4. The van der Waals surface area contributed by atoms with Gasteiger partial charge >= 0.3 is 6.18 Å². The average molecular weight is 489 g/mol. The molecule has 0 bridgehead atoms. The van der Waals surface area contributed by atoms with Gasteiger partial charge in [0.1, 0.15) is 23.8 Å².